The van der Waals surface area contributed by atoms with E-state index in [0.717, 1.165) is 0 Å². The van der Waals surface area contributed by atoms with Gasteiger partial charge in [-0.2, -0.15) is 0 Å². The van der Waals surface area contributed by atoms with Gasteiger partial charge in [0.25, 0.3) is 0 Å². The fraction of sp³-hybridized carbons (Fsp3) is 0.0625. The first kappa shape index (κ1) is 14.7. The topological polar surface area (TPSA) is 41.1 Å². The number of hydrogen-bond donors (Lipinski definition) is 2. The highest BCUT2D eigenvalue weighted by Crippen LogP contribution is 2.12. The normalized spacial score (nSPS) is 11.1. The molecule has 0 aliphatic carbocycles. The average molecular weight is 288 g/mol. The Morgan fingerprint density at radius 3 is 1.76 bits per heavy atom. The van der Waals surface area contributed by atoms with E-state index < -0.39 is 0 Å². The maximum Gasteiger partial charge on any atom is 0.250 e. The Labute approximate surface area is 121 Å². The molecule has 0 aliphatic rings. The van der Waals surface area contributed by atoms with Crippen molar-refractivity contribution in [2.45, 2.75) is 6.92 Å². The Bertz CT molecular complexity index is 649. The molecule has 0 atom stereocenters. The predicted octanol–water partition coefficient (Wildman–Crippen LogP) is 3.92. The van der Waals surface area contributed by atoms with Crippen molar-refractivity contribution in [3.63, 3.8) is 0 Å². The number of carbonyl (C=O) groups is 1. The maximum absolute atomic E-state index is 12.8. The van der Waals surface area contributed by atoms with Crippen molar-refractivity contribution < 1.29 is 13.6 Å². The number of carbonyl (C=O) groups excluding carboxylic acids is 1. The van der Waals surface area contributed by atoms with Crippen LogP contribution in [0.2, 0.25) is 0 Å². The van der Waals surface area contributed by atoms with E-state index in [0.29, 0.717) is 17.1 Å². The Morgan fingerprint density at radius 1 is 0.857 bits per heavy atom. The molecule has 0 fully saturated rings. The summed E-state index contributed by atoms with van der Waals surface area (Å²) in [6.07, 6.45) is 1.37. The average Bonchev–Trinajstić information content (AvgIpc) is 2.44. The molecule has 0 saturated carbocycles. The van der Waals surface area contributed by atoms with E-state index >= 15 is 0 Å². The Hall–Kier alpha value is -2.69. The van der Waals surface area contributed by atoms with Crippen LogP contribution in [-0.4, -0.2) is 5.91 Å². The summed E-state index contributed by atoms with van der Waals surface area (Å²) in [5.41, 5.74) is 1.79. The standard InChI is InChI=1S/C16H14F2N2O/c1-11(19-14-6-2-12(17)3-7-14)10-16(21)20-15-8-4-13(18)5-9-15/h2-10,19H,1H3,(H,20,21)/b11-10+. The number of amides is 1. The van der Waals surface area contributed by atoms with Crippen molar-refractivity contribution in [1.82, 2.24) is 0 Å². The molecule has 0 aliphatic heterocycles. The van der Waals surface area contributed by atoms with Crippen LogP contribution < -0.4 is 10.6 Å². The molecule has 2 aromatic rings. The van der Waals surface area contributed by atoms with E-state index in [4.69, 9.17) is 0 Å². The van der Waals surface area contributed by atoms with E-state index in [2.05, 4.69) is 10.6 Å². The lowest BCUT2D eigenvalue weighted by atomic mass is 10.3. The van der Waals surface area contributed by atoms with E-state index in [1.807, 2.05) is 0 Å². The molecule has 0 saturated heterocycles. The van der Waals surface area contributed by atoms with E-state index in [-0.39, 0.29) is 17.5 Å². The molecular weight excluding hydrogens is 274 g/mol. The molecular formula is C16H14F2N2O. The summed E-state index contributed by atoms with van der Waals surface area (Å²) in [7, 11) is 0. The second-order valence-corrected chi connectivity index (χ2v) is 4.46. The number of rotatable bonds is 4. The minimum Gasteiger partial charge on any atom is -0.359 e. The molecule has 0 bridgehead atoms. The fourth-order valence-electron chi connectivity index (χ4n) is 1.71. The van der Waals surface area contributed by atoms with Gasteiger partial charge in [-0.05, 0) is 55.5 Å². The molecule has 0 radical (unpaired) electrons. The van der Waals surface area contributed by atoms with Crippen LogP contribution in [0.15, 0.2) is 60.3 Å². The van der Waals surface area contributed by atoms with Gasteiger partial charge in [-0.25, -0.2) is 8.78 Å². The first-order valence-electron chi connectivity index (χ1n) is 6.30. The molecule has 1 amide bonds. The Kier molecular flexibility index (Phi) is 4.66. The van der Waals surface area contributed by atoms with E-state index in [9.17, 15) is 13.6 Å². The van der Waals surface area contributed by atoms with Crippen molar-refractivity contribution in [3.8, 4) is 0 Å². The van der Waals surface area contributed by atoms with Crippen molar-refractivity contribution in [1.29, 1.82) is 0 Å². The quantitative estimate of drug-likeness (QED) is 0.837. The molecule has 21 heavy (non-hydrogen) atoms. The zero-order chi connectivity index (χ0) is 15.2. The van der Waals surface area contributed by atoms with Crippen molar-refractivity contribution in [2.24, 2.45) is 0 Å². The van der Waals surface area contributed by atoms with Gasteiger partial charge >= 0.3 is 0 Å². The largest absolute Gasteiger partial charge is 0.359 e. The minimum absolute atomic E-state index is 0.323. The number of benzene rings is 2. The molecule has 0 unspecified atom stereocenters. The summed E-state index contributed by atoms with van der Waals surface area (Å²) in [5.74, 6) is -1.03. The second kappa shape index (κ2) is 6.65. The molecule has 108 valence electrons. The van der Waals surface area contributed by atoms with Gasteiger partial charge < -0.3 is 10.6 Å². The van der Waals surface area contributed by atoms with Gasteiger partial charge in [-0.3, -0.25) is 4.79 Å². The Balaban J connectivity index is 1.96. The summed E-state index contributed by atoms with van der Waals surface area (Å²) in [6, 6.07) is 11.3. The number of nitrogens with one attached hydrogen (secondary N) is 2. The van der Waals surface area contributed by atoms with Gasteiger partial charge in [0.15, 0.2) is 0 Å². The van der Waals surface area contributed by atoms with Gasteiger partial charge in [-0.1, -0.05) is 0 Å². The van der Waals surface area contributed by atoms with E-state index in [1.54, 1.807) is 19.1 Å². The third-order valence-corrected chi connectivity index (χ3v) is 2.65. The van der Waals surface area contributed by atoms with Crippen LogP contribution >= 0.6 is 0 Å². The van der Waals surface area contributed by atoms with Crippen LogP contribution in [0.4, 0.5) is 20.2 Å². The van der Waals surface area contributed by atoms with Crippen molar-refractivity contribution in [2.75, 3.05) is 10.6 Å². The molecule has 2 N–H and O–H groups in total. The maximum atomic E-state index is 12.8. The fourth-order valence-corrected chi connectivity index (χ4v) is 1.71. The minimum atomic E-state index is -0.363. The molecule has 2 rings (SSSR count). The predicted molar refractivity (Wildman–Crippen MR) is 78.8 cm³/mol. The van der Waals surface area contributed by atoms with Crippen LogP contribution in [-0.2, 0) is 4.79 Å². The lowest BCUT2D eigenvalue weighted by molar-refractivity contribution is -0.111. The highest BCUT2D eigenvalue weighted by Gasteiger charge is 2.01. The number of hydrogen-bond acceptors (Lipinski definition) is 2. The van der Waals surface area contributed by atoms with Gasteiger partial charge in [-0.15, -0.1) is 0 Å². The van der Waals surface area contributed by atoms with Crippen LogP contribution in [0.3, 0.4) is 0 Å². The van der Waals surface area contributed by atoms with E-state index in [1.165, 1.54) is 42.5 Å². The zero-order valence-corrected chi connectivity index (χ0v) is 11.4. The van der Waals surface area contributed by atoms with Crippen LogP contribution in [0.25, 0.3) is 0 Å². The highest BCUT2D eigenvalue weighted by molar-refractivity contribution is 5.99. The summed E-state index contributed by atoms with van der Waals surface area (Å²) < 4.78 is 25.5. The van der Waals surface area contributed by atoms with Crippen LogP contribution in [0.5, 0.6) is 0 Å². The second-order valence-electron chi connectivity index (χ2n) is 4.46. The monoisotopic (exact) mass is 288 g/mol. The SMILES string of the molecule is C/C(=C\C(=O)Nc1ccc(F)cc1)Nc1ccc(F)cc1. The summed E-state index contributed by atoms with van der Waals surface area (Å²) in [4.78, 5) is 11.8. The molecule has 0 spiro atoms. The number of halogens is 2. The summed E-state index contributed by atoms with van der Waals surface area (Å²) in [6.45, 7) is 1.72. The first-order valence-corrected chi connectivity index (χ1v) is 6.30. The third-order valence-electron chi connectivity index (χ3n) is 2.65. The number of anilines is 2. The highest BCUT2D eigenvalue weighted by atomic mass is 19.1. The third kappa shape index (κ3) is 4.72. The zero-order valence-electron chi connectivity index (χ0n) is 11.4. The molecule has 0 heterocycles. The lowest BCUT2D eigenvalue weighted by Gasteiger charge is -2.07. The van der Waals surface area contributed by atoms with Gasteiger partial charge in [0.1, 0.15) is 11.6 Å². The van der Waals surface area contributed by atoms with Gasteiger partial charge in [0.05, 0.1) is 0 Å². The van der Waals surface area contributed by atoms with Gasteiger partial charge in [0.2, 0.25) is 5.91 Å². The molecule has 0 aromatic heterocycles. The summed E-state index contributed by atoms with van der Waals surface area (Å²) in [5, 5.41) is 5.58. The summed E-state index contributed by atoms with van der Waals surface area (Å²) >= 11 is 0. The molecule has 5 heteroatoms. The molecule has 3 nitrogen and oxygen atoms in total. The van der Waals surface area contributed by atoms with Crippen molar-refractivity contribution >= 4 is 17.3 Å². The van der Waals surface area contributed by atoms with Crippen molar-refractivity contribution in [3.05, 3.63) is 71.9 Å². The molecule has 2 aromatic carbocycles. The first-order chi connectivity index (χ1) is 10.0. The van der Waals surface area contributed by atoms with Crippen LogP contribution in [0.1, 0.15) is 6.92 Å². The Morgan fingerprint density at radius 2 is 1.29 bits per heavy atom. The lowest BCUT2D eigenvalue weighted by Crippen LogP contribution is -2.10. The van der Waals surface area contributed by atoms with Gasteiger partial charge in [0, 0.05) is 23.1 Å². The van der Waals surface area contributed by atoms with Crippen LogP contribution in [0, 0.1) is 11.6 Å². The smallest absolute Gasteiger partial charge is 0.250 e. The number of allylic oxidation sites excluding steroid dienone is 1.